The number of Topliss-reactive ketones (excluding diaryl/α,β-unsaturated/α-hetero) is 1. The number of rotatable bonds is 5. The Bertz CT molecular complexity index is 1030. The molecule has 1 amide bonds. The van der Waals surface area contributed by atoms with Crippen molar-refractivity contribution in [2.75, 3.05) is 26.9 Å². The highest BCUT2D eigenvalue weighted by Gasteiger charge is 2.46. The van der Waals surface area contributed by atoms with E-state index in [4.69, 9.17) is 14.2 Å². The number of amides is 1. The molecule has 0 radical (unpaired) electrons. The molecule has 1 fully saturated rings. The van der Waals surface area contributed by atoms with E-state index in [-0.39, 0.29) is 11.3 Å². The van der Waals surface area contributed by atoms with Gasteiger partial charge >= 0.3 is 0 Å². The molecule has 1 unspecified atom stereocenters. The van der Waals surface area contributed by atoms with Crippen LogP contribution in [0.5, 0.6) is 17.2 Å². The number of benzene rings is 2. The van der Waals surface area contributed by atoms with Crippen LogP contribution in [0.15, 0.2) is 48.0 Å². The third-order valence-electron chi connectivity index (χ3n) is 5.25. The van der Waals surface area contributed by atoms with Gasteiger partial charge in [-0.3, -0.25) is 9.59 Å². The molecule has 30 heavy (non-hydrogen) atoms. The maximum atomic E-state index is 13.0. The summed E-state index contributed by atoms with van der Waals surface area (Å²) in [5, 5.41) is 11.1. The van der Waals surface area contributed by atoms with Crippen molar-refractivity contribution in [3.8, 4) is 17.2 Å². The summed E-state index contributed by atoms with van der Waals surface area (Å²) in [6.07, 6.45) is 0.669. The van der Waals surface area contributed by atoms with Crippen molar-refractivity contribution in [2.24, 2.45) is 0 Å². The Morgan fingerprint density at radius 2 is 1.87 bits per heavy atom. The molecule has 2 aromatic carbocycles. The van der Waals surface area contributed by atoms with Gasteiger partial charge in [0.05, 0.1) is 24.3 Å². The Morgan fingerprint density at radius 3 is 2.60 bits per heavy atom. The summed E-state index contributed by atoms with van der Waals surface area (Å²) in [7, 11) is 1.49. The van der Waals surface area contributed by atoms with E-state index in [0.29, 0.717) is 54.6 Å². The van der Waals surface area contributed by atoms with Crippen molar-refractivity contribution >= 4 is 17.4 Å². The topological polar surface area (TPSA) is 85.3 Å². The Labute approximate surface area is 174 Å². The Kier molecular flexibility index (Phi) is 5.35. The molecule has 0 bridgehead atoms. The van der Waals surface area contributed by atoms with Crippen LogP contribution in [0.1, 0.15) is 30.5 Å². The first-order valence-corrected chi connectivity index (χ1v) is 9.88. The number of aliphatic hydroxyl groups is 1. The van der Waals surface area contributed by atoms with Gasteiger partial charge in [0.2, 0.25) is 0 Å². The molecule has 7 heteroatoms. The number of nitrogens with zero attached hydrogens (tertiary/aromatic N) is 1. The maximum Gasteiger partial charge on any atom is 0.295 e. The van der Waals surface area contributed by atoms with E-state index in [9.17, 15) is 14.7 Å². The van der Waals surface area contributed by atoms with Gasteiger partial charge in [-0.05, 0) is 36.2 Å². The molecule has 2 aromatic rings. The number of ether oxygens (including phenoxy) is 3. The van der Waals surface area contributed by atoms with Gasteiger partial charge in [-0.1, -0.05) is 25.1 Å². The number of likely N-dealkylation sites (tertiary alicyclic amines) is 1. The average molecular weight is 409 g/mol. The van der Waals surface area contributed by atoms with Crippen LogP contribution in [0.3, 0.4) is 0 Å². The van der Waals surface area contributed by atoms with E-state index >= 15 is 0 Å². The molecular formula is C23H23NO6. The van der Waals surface area contributed by atoms with Crippen molar-refractivity contribution < 1.29 is 28.9 Å². The number of para-hydroxylation sites is 1. The summed E-state index contributed by atoms with van der Waals surface area (Å²) >= 11 is 0. The summed E-state index contributed by atoms with van der Waals surface area (Å²) in [5.41, 5.74) is 1.06. The lowest BCUT2D eigenvalue weighted by atomic mass is 9.94. The Balaban J connectivity index is 1.89. The van der Waals surface area contributed by atoms with Gasteiger partial charge in [0, 0.05) is 6.54 Å². The number of aliphatic hydroxyl groups excluding tert-OH is 1. The van der Waals surface area contributed by atoms with Crippen molar-refractivity contribution in [3.63, 3.8) is 0 Å². The molecule has 0 aromatic heterocycles. The van der Waals surface area contributed by atoms with Gasteiger partial charge in [-0.2, -0.15) is 0 Å². The van der Waals surface area contributed by atoms with Gasteiger partial charge in [-0.25, -0.2) is 0 Å². The molecule has 1 N–H and O–H groups in total. The van der Waals surface area contributed by atoms with Crippen LogP contribution >= 0.6 is 0 Å². The molecular weight excluding hydrogens is 386 g/mol. The zero-order valence-electron chi connectivity index (χ0n) is 16.9. The van der Waals surface area contributed by atoms with Crippen LogP contribution < -0.4 is 14.2 Å². The van der Waals surface area contributed by atoms with Crippen LogP contribution in [-0.4, -0.2) is 48.6 Å². The summed E-state index contributed by atoms with van der Waals surface area (Å²) in [5.74, 6) is -0.0258. The largest absolute Gasteiger partial charge is 0.507 e. The van der Waals surface area contributed by atoms with Crippen LogP contribution in [0.4, 0.5) is 0 Å². The second kappa shape index (κ2) is 8.10. The van der Waals surface area contributed by atoms with Crippen LogP contribution in [-0.2, 0) is 9.59 Å². The smallest absolute Gasteiger partial charge is 0.295 e. The van der Waals surface area contributed by atoms with Gasteiger partial charge in [0.25, 0.3) is 11.7 Å². The minimum Gasteiger partial charge on any atom is -0.507 e. The number of ketones is 1. The summed E-state index contributed by atoms with van der Waals surface area (Å²) < 4.78 is 16.6. The van der Waals surface area contributed by atoms with Crippen LogP contribution in [0.2, 0.25) is 0 Å². The lowest BCUT2D eigenvalue weighted by Gasteiger charge is -2.26. The predicted molar refractivity (Wildman–Crippen MR) is 110 cm³/mol. The van der Waals surface area contributed by atoms with Gasteiger partial charge in [-0.15, -0.1) is 0 Å². The molecule has 0 aliphatic carbocycles. The molecule has 2 aliphatic heterocycles. The second-order valence-electron chi connectivity index (χ2n) is 7.10. The zero-order chi connectivity index (χ0) is 21.3. The van der Waals surface area contributed by atoms with Crippen molar-refractivity contribution in [1.82, 2.24) is 4.90 Å². The van der Waals surface area contributed by atoms with E-state index in [1.807, 2.05) is 6.92 Å². The lowest BCUT2D eigenvalue weighted by Crippen LogP contribution is -2.30. The Morgan fingerprint density at radius 1 is 1.13 bits per heavy atom. The van der Waals surface area contributed by atoms with Crippen molar-refractivity contribution in [3.05, 3.63) is 59.2 Å². The fourth-order valence-electron chi connectivity index (χ4n) is 3.91. The van der Waals surface area contributed by atoms with E-state index in [2.05, 4.69) is 0 Å². The molecule has 1 saturated heterocycles. The molecule has 0 spiro atoms. The first kappa shape index (κ1) is 19.8. The third kappa shape index (κ3) is 3.26. The minimum atomic E-state index is -0.731. The maximum absolute atomic E-state index is 13.0. The highest BCUT2D eigenvalue weighted by Crippen LogP contribution is 2.43. The first-order chi connectivity index (χ1) is 14.6. The predicted octanol–water partition coefficient (Wildman–Crippen LogP) is 3.30. The number of hydrogen-bond acceptors (Lipinski definition) is 6. The fraction of sp³-hybridized carbons (Fsp3) is 0.304. The number of carbonyl (C=O) groups is 2. The zero-order valence-corrected chi connectivity index (χ0v) is 16.9. The molecule has 2 heterocycles. The average Bonchev–Trinajstić information content (AvgIpc) is 3.03. The molecule has 1 atom stereocenters. The standard InChI is InChI=1S/C23H23NO6/c1-3-10-24-20(14-8-9-17-18(13-14)30-12-11-29-17)19(22(26)23(24)27)21(25)15-6-4-5-7-16(15)28-2/h4-9,13,20,25H,3,10-12H2,1-2H3/b21-19-. The number of fused-ring (bicyclic) bond motifs is 1. The van der Waals surface area contributed by atoms with Crippen LogP contribution in [0.25, 0.3) is 5.76 Å². The third-order valence-corrected chi connectivity index (χ3v) is 5.25. The molecule has 2 aliphatic rings. The number of carbonyl (C=O) groups excluding carboxylic acids is 2. The summed E-state index contributed by atoms with van der Waals surface area (Å²) in [6.45, 7) is 3.20. The second-order valence-corrected chi connectivity index (χ2v) is 7.10. The monoisotopic (exact) mass is 409 g/mol. The summed E-state index contributed by atoms with van der Waals surface area (Å²) in [4.78, 5) is 27.3. The van der Waals surface area contributed by atoms with E-state index in [1.54, 1.807) is 42.5 Å². The number of methoxy groups -OCH3 is 1. The van der Waals surface area contributed by atoms with Gasteiger partial charge < -0.3 is 24.2 Å². The van der Waals surface area contributed by atoms with Gasteiger partial charge in [0.1, 0.15) is 24.7 Å². The SMILES string of the molecule is CCCN1C(=O)C(=O)/C(=C(\O)c2ccccc2OC)C1c1ccc2c(c1)OCCO2. The lowest BCUT2D eigenvalue weighted by molar-refractivity contribution is -0.139. The van der Waals surface area contributed by atoms with Crippen molar-refractivity contribution in [1.29, 1.82) is 0 Å². The highest BCUT2D eigenvalue weighted by molar-refractivity contribution is 6.46. The Hall–Kier alpha value is -3.48. The summed E-state index contributed by atoms with van der Waals surface area (Å²) in [6, 6.07) is 11.4. The molecule has 4 rings (SSSR count). The number of hydrogen-bond donors (Lipinski definition) is 1. The van der Waals surface area contributed by atoms with Gasteiger partial charge in [0.15, 0.2) is 11.5 Å². The van der Waals surface area contributed by atoms with E-state index < -0.39 is 17.7 Å². The minimum absolute atomic E-state index is 0.0367. The molecule has 156 valence electrons. The van der Waals surface area contributed by atoms with Crippen molar-refractivity contribution in [2.45, 2.75) is 19.4 Å². The fourth-order valence-corrected chi connectivity index (χ4v) is 3.91. The normalized spacial score (nSPS) is 19.8. The highest BCUT2D eigenvalue weighted by atomic mass is 16.6. The van der Waals surface area contributed by atoms with E-state index in [1.165, 1.54) is 12.0 Å². The molecule has 7 nitrogen and oxygen atoms in total. The molecule has 0 saturated carbocycles. The van der Waals surface area contributed by atoms with E-state index in [0.717, 1.165) is 0 Å². The quantitative estimate of drug-likeness (QED) is 0.463. The first-order valence-electron chi connectivity index (χ1n) is 9.88. The van der Waals surface area contributed by atoms with Crippen LogP contribution in [0, 0.1) is 0 Å².